The van der Waals surface area contributed by atoms with Crippen molar-refractivity contribution in [2.45, 2.75) is 103 Å². The van der Waals surface area contributed by atoms with E-state index in [4.69, 9.17) is 4.74 Å². The van der Waals surface area contributed by atoms with Crippen molar-refractivity contribution in [3.63, 3.8) is 0 Å². The zero-order valence-electron chi connectivity index (χ0n) is 22.3. The molecule has 1 heterocycles. The van der Waals surface area contributed by atoms with Crippen molar-refractivity contribution < 1.29 is 14.3 Å². The van der Waals surface area contributed by atoms with Crippen LogP contribution in [-0.2, 0) is 16.0 Å². The van der Waals surface area contributed by atoms with Crippen LogP contribution in [0, 0.1) is 17.3 Å². The van der Waals surface area contributed by atoms with Gasteiger partial charge in [-0.2, -0.15) is 0 Å². The molecule has 3 aliphatic carbocycles. The lowest BCUT2D eigenvalue weighted by atomic mass is 9.55. The van der Waals surface area contributed by atoms with Crippen LogP contribution in [-0.4, -0.2) is 40.9 Å². The number of nitrogens with one attached hydrogen (secondary N) is 1. The number of nitrogens with zero attached hydrogens (tertiary/aromatic N) is 1. The summed E-state index contributed by atoms with van der Waals surface area (Å²) in [5.74, 6) is 2.75. The number of hydrogen-bond acceptors (Lipinski definition) is 4. The molecule has 0 bridgehead atoms. The maximum absolute atomic E-state index is 12.3. The van der Waals surface area contributed by atoms with Gasteiger partial charge in [-0.15, -0.1) is 0 Å². The molecule has 4 aliphatic rings. The maximum Gasteiger partial charge on any atom is 0.254 e. The molecule has 2 amide bonds. The number of ether oxygens (including phenoxy) is 1. The van der Waals surface area contributed by atoms with Crippen LogP contribution >= 0.6 is 0 Å². The van der Waals surface area contributed by atoms with Gasteiger partial charge in [0.1, 0.15) is 5.75 Å². The zero-order valence-corrected chi connectivity index (χ0v) is 22.3. The van der Waals surface area contributed by atoms with Gasteiger partial charge in [-0.25, -0.2) is 0 Å². The highest BCUT2D eigenvalue weighted by Crippen LogP contribution is 2.61. The number of rotatable bonds is 6. The van der Waals surface area contributed by atoms with E-state index in [9.17, 15) is 9.59 Å². The van der Waals surface area contributed by atoms with E-state index in [0.717, 1.165) is 30.4 Å². The Morgan fingerprint density at radius 3 is 2.46 bits per heavy atom. The van der Waals surface area contributed by atoms with Gasteiger partial charge < -0.3 is 10.1 Å². The Kier molecular flexibility index (Phi) is 5.94. The molecular formula is C30H42N2O3. The Morgan fingerprint density at radius 2 is 1.77 bits per heavy atom. The van der Waals surface area contributed by atoms with Crippen LogP contribution in [0.1, 0.15) is 90.2 Å². The summed E-state index contributed by atoms with van der Waals surface area (Å²) in [6.45, 7) is 11.0. The number of imide groups is 1. The van der Waals surface area contributed by atoms with Crippen molar-refractivity contribution in [1.82, 2.24) is 10.2 Å². The molecule has 1 aromatic rings. The minimum atomic E-state index is -0.543. The molecule has 2 saturated carbocycles. The highest BCUT2D eigenvalue weighted by molar-refractivity contribution is 6.13. The van der Waals surface area contributed by atoms with Crippen molar-refractivity contribution >= 4 is 11.8 Å². The molecule has 5 unspecified atom stereocenters. The van der Waals surface area contributed by atoms with E-state index in [2.05, 4.69) is 44.3 Å². The number of hydrogen-bond donors (Lipinski definition) is 1. The molecule has 5 heteroatoms. The Labute approximate surface area is 210 Å². The third-order valence-corrected chi connectivity index (χ3v) is 9.79. The molecule has 1 aromatic carbocycles. The van der Waals surface area contributed by atoms with Crippen LogP contribution in [0.4, 0.5) is 0 Å². The van der Waals surface area contributed by atoms with E-state index < -0.39 is 5.54 Å². The molecule has 2 fully saturated rings. The number of aryl methyl sites for hydroxylation is 1. The first kappa shape index (κ1) is 24.5. The summed E-state index contributed by atoms with van der Waals surface area (Å²) in [6, 6.07) is 7.19. The lowest BCUT2D eigenvalue weighted by molar-refractivity contribution is -0.143. The molecule has 1 N–H and O–H groups in total. The van der Waals surface area contributed by atoms with E-state index in [-0.39, 0.29) is 22.8 Å². The minimum absolute atomic E-state index is 0.193. The number of methoxy groups -OCH3 is 1. The zero-order chi connectivity index (χ0) is 25.2. The largest absolute Gasteiger partial charge is 0.497 e. The number of fused-ring (bicyclic) bond motifs is 5. The molecule has 0 radical (unpaired) electrons. The van der Waals surface area contributed by atoms with Gasteiger partial charge in [-0.3, -0.25) is 14.5 Å². The third-order valence-electron chi connectivity index (χ3n) is 9.79. The van der Waals surface area contributed by atoms with Crippen molar-refractivity contribution in [1.29, 1.82) is 0 Å². The second kappa shape index (κ2) is 8.47. The molecule has 5 nitrogen and oxygen atoms in total. The van der Waals surface area contributed by atoms with E-state index in [1.165, 1.54) is 54.7 Å². The van der Waals surface area contributed by atoms with Gasteiger partial charge in [0.15, 0.2) is 0 Å². The smallest absolute Gasteiger partial charge is 0.254 e. The molecule has 5 rings (SSSR count). The first-order chi connectivity index (χ1) is 16.4. The van der Waals surface area contributed by atoms with Crippen LogP contribution in [0.3, 0.4) is 0 Å². The molecule has 35 heavy (non-hydrogen) atoms. The predicted octanol–water partition coefficient (Wildman–Crippen LogP) is 5.38. The van der Waals surface area contributed by atoms with Gasteiger partial charge in [-0.1, -0.05) is 13.0 Å². The second-order valence-corrected chi connectivity index (χ2v) is 13.0. The van der Waals surface area contributed by atoms with Crippen molar-refractivity contribution in [3.05, 3.63) is 41.5 Å². The summed E-state index contributed by atoms with van der Waals surface area (Å²) >= 11 is 0. The van der Waals surface area contributed by atoms with Gasteiger partial charge in [0, 0.05) is 29.3 Å². The van der Waals surface area contributed by atoms with Gasteiger partial charge in [0.2, 0.25) is 0 Å². The van der Waals surface area contributed by atoms with Gasteiger partial charge in [0.05, 0.1) is 7.11 Å². The van der Waals surface area contributed by atoms with Crippen molar-refractivity contribution in [2.24, 2.45) is 17.3 Å². The summed E-state index contributed by atoms with van der Waals surface area (Å²) in [7, 11) is 1.76. The Hall–Kier alpha value is -2.14. The van der Waals surface area contributed by atoms with Crippen molar-refractivity contribution in [3.8, 4) is 5.75 Å². The van der Waals surface area contributed by atoms with Gasteiger partial charge in [-0.05, 0) is 119 Å². The molecule has 1 aliphatic heterocycles. The summed E-state index contributed by atoms with van der Waals surface area (Å²) in [4.78, 5) is 26.1. The van der Waals surface area contributed by atoms with Crippen LogP contribution in [0.5, 0.6) is 5.75 Å². The first-order valence-electron chi connectivity index (χ1n) is 13.5. The normalized spacial score (nSPS) is 32.5. The number of amides is 2. The lowest BCUT2D eigenvalue weighted by Gasteiger charge is -2.52. The lowest BCUT2D eigenvalue weighted by Crippen LogP contribution is -2.59. The fourth-order valence-electron chi connectivity index (χ4n) is 8.60. The molecule has 0 aromatic heterocycles. The Bertz CT molecular complexity index is 1040. The molecular weight excluding hydrogens is 436 g/mol. The maximum atomic E-state index is 12.3. The number of benzene rings is 1. The molecule has 0 spiro atoms. The summed E-state index contributed by atoms with van der Waals surface area (Å²) < 4.78 is 5.49. The highest BCUT2D eigenvalue weighted by Gasteiger charge is 2.55. The fourth-order valence-corrected chi connectivity index (χ4v) is 8.60. The number of carbonyl (C=O) groups is 2. The standard InChI is InChI=1S/C30H42N2O3/c1-28(2,18-29(3,4)32-26(33)13-14-27(32)34)31-25-12-11-24-23-9-7-19-17-20(35-6)8-10-21(19)22(23)15-16-30(24,25)5/h8,10,13-14,17,22-25,31H,7,9,11-12,15-16,18H2,1-6H3. The van der Waals surface area contributed by atoms with E-state index in [1.54, 1.807) is 12.7 Å². The molecule has 5 atom stereocenters. The van der Waals surface area contributed by atoms with Crippen LogP contribution in [0.2, 0.25) is 0 Å². The Morgan fingerprint density at radius 1 is 1.06 bits per heavy atom. The fraction of sp³-hybridized carbons (Fsp3) is 0.667. The average molecular weight is 479 g/mol. The van der Waals surface area contributed by atoms with Crippen LogP contribution in [0.25, 0.3) is 0 Å². The number of carbonyl (C=O) groups excluding carboxylic acids is 2. The summed E-state index contributed by atoms with van der Waals surface area (Å²) in [6.07, 6.45) is 10.9. The highest BCUT2D eigenvalue weighted by atomic mass is 16.5. The predicted molar refractivity (Wildman–Crippen MR) is 138 cm³/mol. The summed E-state index contributed by atoms with van der Waals surface area (Å²) in [5.41, 5.74) is 2.61. The summed E-state index contributed by atoms with van der Waals surface area (Å²) in [5, 5.41) is 4.05. The van der Waals surface area contributed by atoms with E-state index >= 15 is 0 Å². The average Bonchev–Trinajstić information content (AvgIpc) is 3.30. The quantitative estimate of drug-likeness (QED) is 0.558. The monoisotopic (exact) mass is 478 g/mol. The van der Waals surface area contributed by atoms with E-state index in [1.807, 2.05) is 13.8 Å². The van der Waals surface area contributed by atoms with Crippen molar-refractivity contribution in [2.75, 3.05) is 7.11 Å². The topological polar surface area (TPSA) is 58.6 Å². The minimum Gasteiger partial charge on any atom is -0.497 e. The molecule has 190 valence electrons. The van der Waals surface area contributed by atoms with Gasteiger partial charge >= 0.3 is 0 Å². The van der Waals surface area contributed by atoms with Gasteiger partial charge in [0.25, 0.3) is 11.8 Å². The second-order valence-electron chi connectivity index (χ2n) is 13.0. The van der Waals surface area contributed by atoms with Crippen LogP contribution in [0.15, 0.2) is 30.4 Å². The SMILES string of the molecule is COc1ccc2c(c1)CCC1C2CCC2(C)C(NC(C)(C)CC(C)(C)N3C(=O)C=CC3=O)CCC12. The first-order valence-corrected chi connectivity index (χ1v) is 13.5. The third kappa shape index (κ3) is 4.14. The molecule has 0 saturated heterocycles. The Balaban J connectivity index is 1.30. The van der Waals surface area contributed by atoms with E-state index in [0.29, 0.717) is 12.0 Å². The van der Waals surface area contributed by atoms with Crippen LogP contribution < -0.4 is 10.1 Å².